The Labute approximate surface area is 80.7 Å². The fourth-order valence-corrected chi connectivity index (χ4v) is 0.634. The summed E-state index contributed by atoms with van der Waals surface area (Å²) in [4.78, 5) is 3.23. The van der Waals surface area contributed by atoms with E-state index < -0.39 is 19.0 Å². The van der Waals surface area contributed by atoms with Crippen molar-refractivity contribution in [2.45, 2.75) is 20.3 Å². The molecule has 1 heterocycles. The first-order chi connectivity index (χ1) is 6.68. The highest BCUT2D eigenvalue weighted by Gasteiger charge is 2.03. The standard InChI is InChI=1S/C7H6F3NO.C2H6/c8-6(9)4-12-5-1-2-11-7(10)3-5;1-2/h1-3,6H,4H2;1-2H3. The highest BCUT2D eigenvalue weighted by molar-refractivity contribution is 5.17. The van der Waals surface area contributed by atoms with Crippen LogP contribution in [-0.2, 0) is 0 Å². The maximum atomic E-state index is 12.3. The van der Waals surface area contributed by atoms with E-state index in [2.05, 4.69) is 9.72 Å². The second kappa shape index (κ2) is 7.17. The van der Waals surface area contributed by atoms with Crippen LogP contribution in [0.25, 0.3) is 0 Å². The van der Waals surface area contributed by atoms with E-state index in [1.165, 1.54) is 6.07 Å². The summed E-state index contributed by atoms with van der Waals surface area (Å²) < 4.78 is 40.0. The van der Waals surface area contributed by atoms with E-state index in [-0.39, 0.29) is 5.75 Å². The van der Waals surface area contributed by atoms with E-state index in [9.17, 15) is 13.2 Å². The van der Waals surface area contributed by atoms with Gasteiger partial charge in [0, 0.05) is 12.3 Å². The third-order valence-electron chi connectivity index (χ3n) is 1.07. The predicted molar refractivity (Wildman–Crippen MR) is 47.0 cm³/mol. The molecule has 0 N–H and O–H groups in total. The van der Waals surface area contributed by atoms with Gasteiger partial charge in [-0.1, -0.05) is 13.8 Å². The average molecular weight is 207 g/mol. The van der Waals surface area contributed by atoms with E-state index in [0.29, 0.717) is 0 Å². The summed E-state index contributed by atoms with van der Waals surface area (Å²) in [5.41, 5.74) is 0. The highest BCUT2D eigenvalue weighted by atomic mass is 19.3. The smallest absolute Gasteiger partial charge is 0.272 e. The van der Waals surface area contributed by atoms with Gasteiger partial charge in [0.2, 0.25) is 5.95 Å². The molecule has 0 aliphatic rings. The third-order valence-corrected chi connectivity index (χ3v) is 1.07. The van der Waals surface area contributed by atoms with Gasteiger partial charge in [-0.25, -0.2) is 13.8 Å². The lowest BCUT2D eigenvalue weighted by molar-refractivity contribution is 0.0816. The van der Waals surface area contributed by atoms with Crippen LogP contribution < -0.4 is 4.74 Å². The van der Waals surface area contributed by atoms with Gasteiger partial charge >= 0.3 is 0 Å². The number of pyridine rings is 1. The molecule has 2 nitrogen and oxygen atoms in total. The lowest BCUT2D eigenvalue weighted by Crippen LogP contribution is -2.07. The van der Waals surface area contributed by atoms with Crippen LogP contribution in [0.3, 0.4) is 0 Å². The zero-order chi connectivity index (χ0) is 11.0. The number of ether oxygens (including phenoxy) is 1. The second-order valence-corrected chi connectivity index (χ2v) is 2.02. The Morgan fingerprint density at radius 1 is 1.43 bits per heavy atom. The van der Waals surface area contributed by atoms with Gasteiger partial charge in [-0.2, -0.15) is 4.39 Å². The zero-order valence-corrected chi connectivity index (χ0v) is 8.01. The third kappa shape index (κ3) is 5.40. The summed E-state index contributed by atoms with van der Waals surface area (Å²) >= 11 is 0. The Balaban J connectivity index is 0.000000791. The quantitative estimate of drug-likeness (QED) is 0.711. The Morgan fingerprint density at radius 2 is 2.07 bits per heavy atom. The lowest BCUT2D eigenvalue weighted by atomic mass is 10.4. The molecule has 0 amide bonds. The maximum Gasteiger partial charge on any atom is 0.272 e. The molecule has 0 fully saturated rings. The normalized spacial score (nSPS) is 9.29. The van der Waals surface area contributed by atoms with Crippen molar-refractivity contribution in [3.8, 4) is 5.75 Å². The molecule has 0 atom stereocenters. The summed E-state index contributed by atoms with van der Waals surface area (Å²) in [6, 6.07) is 2.26. The average Bonchev–Trinajstić information content (AvgIpc) is 2.18. The molecule has 0 bridgehead atoms. The maximum absolute atomic E-state index is 12.3. The van der Waals surface area contributed by atoms with E-state index in [4.69, 9.17) is 0 Å². The molecule has 1 aromatic rings. The van der Waals surface area contributed by atoms with E-state index in [0.717, 1.165) is 12.3 Å². The van der Waals surface area contributed by atoms with Gasteiger partial charge in [-0.15, -0.1) is 0 Å². The fourth-order valence-electron chi connectivity index (χ4n) is 0.634. The highest BCUT2D eigenvalue weighted by Crippen LogP contribution is 2.10. The summed E-state index contributed by atoms with van der Waals surface area (Å²) in [5.74, 6) is -0.690. The molecule has 0 aromatic carbocycles. The minimum Gasteiger partial charge on any atom is -0.487 e. The number of nitrogens with zero attached hydrogens (tertiary/aromatic N) is 1. The van der Waals surface area contributed by atoms with Crippen LogP contribution in [0.2, 0.25) is 0 Å². The summed E-state index contributed by atoms with van der Waals surface area (Å²) in [6.07, 6.45) is -1.41. The molecular formula is C9H12F3NO. The number of hydrogen-bond acceptors (Lipinski definition) is 2. The summed E-state index contributed by atoms with van der Waals surface area (Å²) in [5, 5.41) is 0. The number of aromatic nitrogens is 1. The number of halogens is 3. The Kier molecular flexibility index (Phi) is 6.53. The van der Waals surface area contributed by atoms with Crippen molar-refractivity contribution in [3.05, 3.63) is 24.3 Å². The first-order valence-corrected chi connectivity index (χ1v) is 4.21. The topological polar surface area (TPSA) is 22.1 Å². The lowest BCUT2D eigenvalue weighted by Gasteiger charge is -2.03. The molecule has 80 valence electrons. The molecule has 14 heavy (non-hydrogen) atoms. The van der Waals surface area contributed by atoms with Crippen LogP contribution >= 0.6 is 0 Å². The van der Waals surface area contributed by atoms with Crippen LogP contribution in [0.15, 0.2) is 18.3 Å². The Hall–Kier alpha value is -1.26. The fraction of sp³-hybridized carbons (Fsp3) is 0.444. The van der Waals surface area contributed by atoms with Crippen LogP contribution in [-0.4, -0.2) is 18.0 Å². The molecule has 0 saturated heterocycles. The zero-order valence-electron chi connectivity index (χ0n) is 8.01. The molecular weight excluding hydrogens is 195 g/mol. The number of alkyl halides is 2. The molecule has 5 heteroatoms. The van der Waals surface area contributed by atoms with Gasteiger partial charge in [0.15, 0.2) is 0 Å². The molecule has 1 aromatic heterocycles. The van der Waals surface area contributed by atoms with Gasteiger partial charge in [0.05, 0.1) is 0 Å². The second-order valence-electron chi connectivity index (χ2n) is 2.02. The Bertz CT molecular complexity index is 256. The molecule has 0 aliphatic heterocycles. The van der Waals surface area contributed by atoms with E-state index in [1.807, 2.05) is 13.8 Å². The minimum absolute atomic E-state index is 0.0581. The van der Waals surface area contributed by atoms with Crippen molar-refractivity contribution in [2.24, 2.45) is 0 Å². The molecule has 0 saturated carbocycles. The van der Waals surface area contributed by atoms with Crippen molar-refractivity contribution >= 4 is 0 Å². The van der Waals surface area contributed by atoms with Crippen molar-refractivity contribution in [2.75, 3.05) is 6.61 Å². The Morgan fingerprint density at radius 3 is 2.57 bits per heavy atom. The summed E-state index contributed by atoms with van der Waals surface area (Å²) in [7, 11) is 0. The predicted octanol–water partition coefficient (Wildman–Crippen LogP) is 2.89. The number of rotatable bonds is 3. The number of hydrogen-bond donors (Lipinski definition) is 0. The molecule has 0 unspecified atom stereocenters. The van der Waals surface area contributed by atoms with Gasteiger partial charge < -0.3 is 4.74 Å². The monoisotopic (exact) mass is 207 g/mol. The van der Waals surface area contributed by atoms with Crippen molar-refractivity contribution in [3.63, 3.8) is 0 Å². The van der Waals surface area contributed by atoms with Gasteiger partial charge in [0.25, 0.3) is 6.43 Å². The first-order valence-electron chi connectivity index (χ1n) is 4.21. The molecule has 0 aliphatic carbocycles. The van der Waals surface area contributed by atoms with Crippen molar-refractivity contribution < 1.29 is 17.9 Å². The molecule has 1 rings (SSSR count). The van der Waals surface area contributed by atoms with Crippen LogP contribution in [0, 0.1) is 5.95 Å². The van der Waals surface area contributed by atoms with Crippen molar-refractivity contribution in [1.82, 2.24) is 4.98 Å². The minimum atomic E-state index is -2.55. The molecule has 0 radical (unpaired) electrons. The van der Waals surface area contributed by atoms with Crippen LogP contribution in [0.5, 0.6) is 5.75 Å². The SMILES string of the molecule is CC.Fc1cc(OCC(F)F)ccn1. The summed E-state index contributed by atoms with van der Waals surface area (Å²) in [6.45, 7) is 3.27. The van der Waals surface area contributed by atoms with Gasteiger partial charge in [0.1, 0.15) is 12.4 Å². The first kappa shape index (κ1) is 12.7. The van der Waals surface area contributed by atoms with E-state index >= 15 is 0 Å². The van der Waals surface area contributed by atoms with Crippen LogP contribution in [0.4, 0.5) is 13.2 Å². The largest absolute Gasteiger partial charge is 0.487 e. The van der Waals surface area contributed by atoms with Crippen LogP contribution in [0.1, 0.15) is 13.8 Å². The molecule has 0 spiro atoms. The van der Waals surface area contributed by atoms with Crippen molar-refractivity contribution in [1.29, 1.82) is 0 Å². The van der Waals surface area contributed by atoms with Gasteiger partial charge in [-0.05, 0) is 6.07 Å². The van der Waals surface area contributed by atoms with Gasteiger partial charge in [-0.3, -0.25) is 0 Å². The van der Waals surface area contributed by atoms with E-state index in [1.54, 1.807) is 0 Å².